The molecule has 0 aliphatic rings. The van der Waals surface area contributed by atoms with Crippen LogP contribution in [0.5, 0.6) is 17.2 Å². The van der Waals surface area contributed by atoms with E-state index in [-0.39, 0.29) is 22.8 Å². The second-order valence-electron chi connectivity index (χ2n) is 5.56. The van der Waals surface area contributed by atoms with E-state index < -0.39 is 5.78 Å². The van der Waals surface area contributed by atoms with Gasteiger partial charge in [0.05, 0.1) is 7.11 Å². The smallest absolute Gasteiger partial charge is 0.193 e. The Bertz CT molecular complexity index is 728. The molecule has 0 atom stereocenters. The molecule has 2 aromatic rings. The quantitative estimate of drug-likeness (QED) is 0.643. The number of phenolic OH excluding ortho intramolecular Hbond substituents is 2. The maximum Gasteiger partial charge on any atom is 0.193 e. The second-order valence-corrected chi connectivity index (χ2v) is 5.56. The van der Waals surface area contributed by atoms with E-state index in [1.165, 1.54) is 24.8 Å². The number of methoxy groups -OCH3 is 1. The van der Waals surface area contributed by atoms with E-state index >= 15 is 0 Å². The van der Waals surface area contributed by atoms with Crippen LogP contribution in [0.1, 0.15) is 41.3 Å². The summed E-state index contributed by atoms with van der Waals surface area (Å²) in [5, 5.41) is 19.3. The second kappa shape index (κ2) is 7.01. The molecule has 0 spiro atoms. The number of carbonyl (C=O) groups is 1. The van der Waals surface area contributed by atoms with Crippen molar-refractivity contribution in [3.8, 4) is 17.2 Å². The largest absolute Gasteiger partial charge is 0.508 e. The lowest BCUT2D eigenvalue weighted by Gasteiger charge is -2.08. The van der Waals surface area contributed by atoms with Crippen LogP contribution in [0.25, 0.3) is 6.08 Å². The molecule has 0 heterocycles. The highest BCUT2D eigenvalue weighted by atomic mass is 16.5. The van der Waals surface area contributed by atoms with Gasteiger partial charge < -0.3 is 14.9 Å². The number of hydrogen-bond acceptors (Lipinski definition) is 4. The summed E-state index contributed by atoms with van der Waals surface area (Å²) in [6.07, 6.45) is 3.05. The normalized spacial score (nSPS) is 11.1. The van der Waals surface area contributed by atoms with Crippen molar-refractivity contribution >= 4 is 11.9 Å². The summed E-state index contributed by atoms with van der Waals surface area (Å²) < 4.78 is 5.05. The first-order chi connectivity index (χ1) is 10.9. The number of benzene rings is 2. The predicted molar refractivity (Wildman–Crippen MR) is 90.2 cm³/mol. The third kappa shape index (κ3) is 3.92. The third-order valence-electron chi connectivity index (χ3n) is 3.56. The van der Waals surface area contributed by atoms with Crippen LogP contribution in [-0.2, 0) is 0 Å². The van der Waals surface area contributed by atoms with Crippen LogP contribution < -0.4 is 4.74 Å². The molecule has 0 aromatic heterocycles. The predicted octanol–water partition coefficient (Wildman–Crippen LogP) is 4.13. The Morgan fingerprint density at radius 1 is 1.13 bits per heavy atom. The Labute approximate surface area is 135 Å². The summed E-state index contributed by atoms with van der Waals surface area (Å²) in [4.78, 5) is 12.3. The number of phenols is 2. The Morgan fingerprint density at radius 3 is 2.35 bits per heavy atom. The van der Waals surface area contributed by atoms with E-state index in [4.69, 9.17) is 4.74 Å². The standard InChI is InChI=1S/C19H20O4/c1-12(2)14-7-4-13(5-8-14)6-9-16(21)19-17(22)10-15(20)11-18(19)23-3/h4-12,20,22H,1-3H3/b9-6+. The van der Waals surface area contributed by atoms with Crippen molar-refractivity contribution in [2.45, 2.75) is 19.8 Å². The van der Waals surface area contributed by atoms with E-state index in [0.29, 0.717) is 5.92 Å². The number of hydrogen-bond donors (Lipinski definition) is 2. The molecule has 23 heavy (non-hydrogen) atoms. The summed E-state index contributed by atoms with van der Waals surface area (Å²) in [5.41, 5.74) is 2.15. The van der Waals surface area contributed by atoms with Gasteiger partial charge in [-0.15, -0.1) is 0 Å². The Morgan fingerprint density at radius 2 is 1.78 bits per heavy atom. The van der Waals surface area contributed by atoms with E-state index in [0.717, 1.165) is 11.6 Å². The number of allylic oxidation sites excluding steroid dienone is 1. The molecule has 0 bridgehead atoms. The minimum absolute atomic E-state index is 0.0281. The molecule has 0 unspecified atom stereocenters. The zero-order chi connectivity index (χ0) is 17.0. The summed E-state index contributed by atoms with van der Waals surface area (Å²) in [6.45, 7) is 4.24. The number of ketones is 1. The maximum absolute atomic E-state index is 12.3. The van der Waals surface area contributed by atoms with Gasteiger partial charge >= 0.3 is 0 Å². The van der Waals surface area contributed by atoms with Gasteiger partial charge in [-0.3, -0.25) is 4.79 Å². The van der Waals surface area contributed by atoms with E-state index in [1.807, 2.05) is 24.3 Å². The number of rotatable bonds is 5. The molecule has 0 radical (unpaired) electrons. The third-order valence-corrected chi connectivity index (χ3v) is 3.56. The average molecular weight is 312 g/mol. The zero-order valence-electron chi connectivity index (χ0n) is 13.4. The number of aromatic hydroxyl groups is 2. The molecule has 2 rings (SSSR count). The lowest BCUT2D eigenvalue weighted by molar-refractivity contribution is 0.104. The Hall–Kier alpha value is -2.75. The number of carbonyl (C=O) groups excluding carboxylic acids is 1. The van der Waals surface area contributed by atoms with Gasteiger partial charge in [-0.2, -0.15) is 0 Å². The highest BCUT2D eigenvalue weighted by molar-refractivity contribution is 6.10. The Balaban J connectivity index is 2.25. The van der Waals surface area contributed by atoms with Crippen molar-refractivity contribution in [1.82, 2.24) is 0 Å². The molecular formula is C19H20O4. The van der Waals surface area contributed by atoms with Crippen molar-refractivity contribution in [3.05, 3.63) is 59.2 Å². The first kappa shape index (κ1) is 16.6. The van der Waals surface area contributed by atoms with Crippen LogP contribution >= 0.6 is 0 Å². The lowest BCUT2D eigenvalue weighted by Crippen LogP contribution is -1.99. The van der Waals surface area contributed by atoms with Gasteiger partial charge in [-0.1, -0.05) is 44.2 Å². The van der Waals surface area contributed by atoms with Crippen molar-refractivity contribution in [2.75, 3.05) is 7.11 Å². The van der Waals surface area contributed by atoms with Crippen molar-refractivity contribution in [2.24, 2.45) is 0 Å². The van der Waals surface area contributed by atoms with Crippen LogP contribution in [0, 0.1) is 0 Å². The van der Waals surface area contributed by atoms with Crippen molar-refractivity contribution in [1.29, 1.82) is 0 Å². The molecule has 0 saturated heterocycles. The van der Waals surface area contributed by atoms with E-state index in [9.17, 15) is 15.0 Å². The zero-order valence-corrected chi connectivity index (χ0v) is 13.4. The van der Waals surface area contributed by atoms with Crippen LogP contribution in [0.3, 0.4) is 0 Å². The molecule has 120 valence electrons. The lowest BCUT2D eigenvalue weighted by atomic mass is 10.0. The average Bonchev–Trinajstić information content (AvgIpc) is 2.52. The van der Waals surface area contributed by atoms with Gasteiger partial charge in [0.1, 0.15) is 22.8 Å². The van der Waals surface area contributed by atoms with Crippen molar-refractivity contribution in [3.63, 3.8) is 0 Å². The van der Waals surface area contributed by atoms with E-state index in [1.54, 1.807) is 6.08 Å². The van der Waals surface area contributed by atoms with Crippen LogP contribution in [0.15, 0.2) is 42.5 Å². The SMILES string of the molecule is COc1cc(O)cc(O)c1C(=O)/C=C/c1ccc(C(C)C)cc1. The molecule has 4 nitrogen and oxygen atoms in total. The summed E-state index contributed by atoms with van der Waals surface area (Å²) >= 11 is 0. The van der Waals surface area contributed by atoms with Crippen LogP contribution in [0.4, 0.5) is 0 Å². The number of ether oxygens (including phenoxy) is 1. The monoisotopic (exact) mass is 312 g/mol. The van der Waals surface area contributed by atoms with E-state index in [2.05, 4.69) is 13.8 Å². The van der Waals surface area contributed by atoms with Gasteiger partial charge in [-0.25, -0.2) is 0 Å². The first-order valence-electron chi connectivity index (χ1n) is 7.34. The van der Waals surface area contributed by atoms with Crippen molar-refractivity contribution < 1.29 is 19.7 Å². The molecule has 4 heteroatoms. The summed E-state index contributed by atoms with van der Waals surface area (Å²) in [6, 6.07) is 10.3. The molecule has 0 aliphatic heterocycles. The van der Waals surface area contributed by atoms with Crippen LogP contribution in [0.2, 0.25) is 0 Å². The molecule has 2 aromatic carbocycles. The van der Waals surface area contributed by atoms with Gasteiger partial charge in [0, 0.05) is 12.1 Å². The van der Waals surface area contributed by atoms with Gasteiger partial charge in [0.15, 0.2) is 5.78 Å². The van der Waals surface area contributed by atoms with Gasteiger partial charge in [-0.05, 0) is 23.1 Å². The van der Waals surface area contributed by atoms with Crippen LogP contribution in [-0.4, -0.2) is 23.1 Å². The maximum atomic E-state index is 12.3. The van der Waals surface area contributed by atoms with Gasteiger partial charge in [0.2, 0.25) is 0 Å². The molecule has 0 saturated carbocycles. The minimum Gasteiger partial charge on any atom is -0.508 e. The molecular weight excluding hydrogens is 292 g/mol. The highest BCUT2D eigenvalue weighted by Crippen LogP contribution is 2.33. The first-order valence-corrected chi connectivity index (χ1v) is 7.34. The molecule has 0 fully saturated rings. The summed E-state index contributed by atoms with van der Waals surface area (Å²) in [5.74, 6) is -0.289. The molecule has 0 amide bonds. The molecule has 0 aliphatic carbocycles. The Kier molecular flexibility index (Phi) is 5.06. The molecule has 2 N–H and O–H groups in total. The fraction of sp³-hybridized carbons (Fsp3) is 0.211. The fourth-order valence-electron chi connectivity index (χ4n) is 2.24. The topological polar surface area (TPSA) is 66.8 Å². The van der Waals surface area contributed by atoms with Gasteiger partial charge in [0.25, 0.3) is 0 Å². The highest BCUT2D eigenvalue weighted by Gasteiger charge is 2.16. The summed E-state index contributed by atoms with van der Waals surface area (Å²) in [7, 11) is 1.37. The fourth-order valence-corrected chi connectivity index (χ4v) is 2.24. The minimum atomic E-state index is -0.396.